The monoisotopic (exact) mass is 303 g/mol. The summed E-state index contributed by atoms with van der Waals surface area (Å²) >= 11 is 6.62. The highest BCUT2D eigenvalue weighted by atomic mass is 35.5. The topological polar surface area (TPSA) is 42.2 Å². The van der Waals surface area contributed by atoms with E-state index in [4.69, 9.17) is 16.0 Å². The Hall–Kier alpha value is -1.74. The molecule has 0 radical (unpaired) electrons. The molecule has 1 N–H and O–H groups in total. The highest BCUT2D eigenvalue weighted by molar-refractivity contribution is 6.22. The van der Waals surface area contributed by atoms with Gasteiger partial charge in [-0.15, -0.1) is 11.6 Å². The molecule has 2 heterocycles. The molecule has 1 unspecified atom stereocenters. The van der Waals surface area contributed by atoms with Gasteiger partial charge in [-0.3, -0.25) is 4.79 Å². The van der Waals surface area contributed by atoms with Gasteiger partial charge in [0.1, 0.15) is 5.76 Å². The SMILES string of the molecule is CCc1occc1C(Cl)c1ccc2c(c1)CCCC(=O)N2. The van der Waals surface area contributed by atoms with Crippen LogP contribution in [0.3, 0.4) is 0 Å². The molecule has 1 amide bonds. The lowest BCUT2D eigenvalue weighted by molar-refractivity contribution is -0.116. The maximum atomic E-state index is 11.6. The summed E-state index contributed by atoms with van der Waals surface area (Å²) < 4.78 is 5.46. The summed E-state index contributed by atoms with van der Waals surface area (Å²) in [6.07, 6.45) is 4.87. The molecule has 1 aromatic carbocycles. The fraction of sp³-hybridized carbons (Fsp3) is 0.353. The summed E-state index contributed by atoms with van der Waals surface area (Å²) in [7, 11) is 0. The van der Waals surface area contributed by atoms with E-state index in [0.29, 0.717) is 6.42 Å². The Morgan fingerprint density at radius 2 is 2.19 bits per heavy atom. The van der Waals surface area contributed by atoms with Gasteiger partial charge >= 0.3 is 0 Å². The van der Waals surface area contributed by atoms with Crippen molar-refractivity contribution in [2.75, 3.05) is 5.32 Å². The molecule has 0 bridgehead atoms. The molecule has 0 saturated heterocycles. The van der Waals surface area contributed by atoms with E-state index in [-0.39, 0.29) is 11.3 Å². The molecule has 3 nitrogen and oxygen atoms in total. The van der Waals surface area contributed by atoms with Crippen LogP contribution in [0.25, 0.3) is 0 Å². The molecule has 0 aliphatic carbocycles. The van der Waals surface area contributed by atoms with E-state index in [1.54, 1.807) is 6.26 Å². The zero-order valence-corrected chi connectivity index (χ0v) is 12.7. The zero-order chi connectivity index (χ0) is 14.8. The molecule has 21 heavy (non-hydrogen) atoms. The van der Waals surface area contributed by atoms with Gasteiger partial charge in [0.15, 0.2) is 0 Å². The van der Waals surface area contributed by atoms with Crippen LogP contribution in [0.5, 0.6) is 0 Å². The molecule has 1 aliphatic rings. The number of fused-ring (bicyclic) bond motifs is 1. The van der Waals surface area contributed by atoms with E-state index in [0.717, 1.165) is 47.4 Å². The second kappa shape index (κ2) is 5.94. The second-order valence-corrected chi connectivity index (χ2v) is 5.77. The average molecular weight is 304 g/mol. The smallest absolute Gasteiger partial charge is 0.224 e. The van der Waals surface area contributed by atoms with Crippen LogP contribution in [-0.2, 0) is 17.6 Å². The van der Waals surface area contributed by atoms with Gasteiger partial charge in [-0.05, 0) is 36.1 Å². The predicted octanol–water partition coefficient (Wildman–Crippen LogP) is 4.45. The molecular formula is C17H18ClNO2. The van der Waals surface area contributed by atoms with Crippen LogP contribution in [-0.4, -0.2) is 5.91 Å². The molecule has 0 spiro atoms. The molecule has 1 aliphatic heterocycles. The predicted molar refractivity (Wildman–Crippen MR) is 83.8 cm³/mol. The Bertz CT molecular complexity index is 663. The number of benzene rings is 1. The Morgan fingerprint density at radius 1 is 1.33 bits per heavy atom. The molecule has 3 rings (SSSR count). The number of hydrogen-bond acceptors (Lipinski definition) is 2. The van der Waals surface area contributed by atoms with Gasteiger partial charge in [-0.2, -0.15) is 0 Å². The summed E-state index contributed by atoms with van der Waals surface area (Å²) in [6, 6.07) is 7.97. The van der Waals surface area contributed by atoms with Crippen molar-refractivity contribution < 1.29 is 9.21 Å². The quantitative estimate of drug-likeness (QED) is 0.851. The zero-order valence-electron chi connectivity index (χ0n) is 12.0. The molecule has 1 atom stereocenters. The summed E-state index contributed by atoms with van der Waals surface area (Å²) in [5.41, 5.74) is 4.14. The molecular weight excluding hydrogens is 286 g/mol. The second-order valence-electron chi connectivity index (χ2n) is 5.33. The fourth-order valence-electron chi connectivity index (χ4n) is 2.80. The van der Waals surface area contributed by atoms with Crippen LogP contribution in [0, 0.1) is 0 Å². The minimum absolute atomic E-state index is 0.0898. The van der Waals surface area contributed by atoms with Crippen LogP contribution < -0.4 is 5.32 Å². The maximum Gasteiger partial charge on any atom is 0.224 e. The first-order chi connectivity index (χ1) is 10.2. The van der Waals surface area contributed by atoms with Gasteiger partial charge in [0.05, 0.1) is 11.6 Å². The number of hydrogen-bond donors (Lipinski definition) is 1. The first-order valence-electron chi connectivity index (χ1n) is 7.32. The first kappa shape index (κ1) is 14.2. The van der Waals surface area contributed by atoms with Gasteiger partial charge < -0.3 is 9.73 Å². The first-order valence-corrected chi connectivity index (χ1v) is 7.75. The Morgan fingerprint density at radius 3 is 3.00 bits per heavy atom. The molecule has 2 aromatic rings. The number of amides is 1. The molecule has 4 heteroatoms. The van der Waals surface area contributed by atoms with Crippen molar-refractivity contribution in [3.8, 4) is 0 Å². The number of rotatable bonds is 3. The van der Waals surface area contributed by atoms with Crippen molar-refractivity contribution in [2.45, 2.75) is 38.0 Å². The van der Waals surface area contributed by atoms with Crippen LogP contribution in [0.4, 0.5) is 5.69 Å². The Balaban J connectivity index is 1.93. The largest absolute Gasteiger partial charge is 0.469 e. The van der Waals surface area contributed by atoms with E-state index in [1.165, 1.54) is 0 Å². The lowest BCUT2D eigenvalue weighted by atomic mass is 9.99. The number of anilines is 1. The average Bonchev–Trinajstić information content (AvgIpc) is 2.88. The van der Waals surface area contributed by atoms with Crippen molar-refractivity contribution in [3.05, 3.63) is 53.0 Å². The molecule has 0 fully saturated rings. The van der Waals surface area contributed by atoms with E-state index in [1.807, 2.05) is 18.2 Å². The van der Waals surface area contributed by atoms with Gasteiger partial charge in [0, 0.05) is 24.1 Å². The number of halogens is 1. The third-order valence-corrected chi connectivity index (χ3v) is 4.41. The van der Waals surface area contributed by atoms with Gasteiger partial charge in [0.2, 0.25) is 5.91 Å². The van der Waals surface area contributed by atoms with Crippen molar-refractivity contribution in [3.63, 3.8) is 0 Å². The van der Waals surface area contributed by atoms with E-state index < -0.39 is 0 Å². The lowest BCUT2D eigenvalue weighted by Gasteiger charge is -2.13. The lowest BCUT2D eigenvalue weighted by Crippen LogP contribution is -2.09. The van der Waals surface area contributed by atoms with Crippen LogP contribution >= 0.6 is 11.6 Å². The van der Waals surface area contributed by atoms with Crippen LogP contribution in [0.2, 0.25) is 0 Å². The minimum atomic E-state index is -0.219. The molecule has 110 valence electrons. The highest BCUT2D eigenvalue weighted by Crippen LogP contribution is 2.34. The van der Waals surface area contributed by atoms with E-state index >= 15 is 0 Å². The van der Waals surface area contributed by atoms with Crippen molar-refractivity contribution >= 4 is 23.2 Å². The van der Waals surface area contributed by atoms with Crippen molar-refractivity contribution in [1.82, 2.24) is 0 Å². The van der Waals surface area contributed by atoms with E-state index in [2.05, 4.69) is 18.3 Å². The summed E-state index contributed by atoms with van der Waals surface area (Å²) in [5, 5.41) is 2.73. The number of aryl methyl sites for hydroxylation is 2. The number of alkyl halides is 1. The number of nitrogens with one attached hydrogen (secondary N) is 1. The molecule has 0 saturated carbocycles. The minimum Gasteiger partial charge on any atom is -0.469 e. The Kier molecular flexibility index (Phi) is 4.02. The third kappa shape index (κ3) is 2.84. The fourth-order valence-corrected chi connectivity index (χ4v) is 3.13. The Labute approximate surface area is 129 Å². The van der Waals surface area contributed by atoms with Gasteiger partial charge in [-0.1, -0.05) is 19.1 Å². The van der Waals surface area contributed by atoms with Crippen molar-refractivity contribution in [2.24, 2.45) is 0 Å². The third-order valence-electron chi connectivity index (χ3n) is 3.92. The normalized spacial score (nSPS) is 16.0. The van der Waals surface area contributed by atoms with Gasteiger partial charge in [0.25, 0.3) is 0 Å². The number of carbonyl (C=O) groups is 1. The standard InChI is InChI=1S/C17H18ClNO2/c1-2-15-13(8-9-21-15)17(18)12-6-7-14-11(10-12)4-3-5-16(20)19-14/h6-10,17H,2-5H2,1H3,(H,19,20). The highest BCUT2D eigenvalue weighted by Gasteiger charge is 2.19. The summed E-state index contributed by atoms with van der Waals surface area (Å²) in [4.78, 5) is 11.6. The number of furan rings is 1. The van der Waals surface area contributed by atoms with Gasteiger partial charge in [-0.25, -0.2) is 0 Å². The molecule has 1 aromatic heterocycles. The summed E-state index contributed by atoms with van der Waals surface area (Å²) in [6.45, 7) is 2.05. The van der Waals surface area contributed by atoms with Crippen LogP contribution in [0.15, 0.2) is 34.9 Å². The summed E-state index contributed by atoms with van der Waals surface area (Å²) in [5.74, 6) is 1.02. The maximum absolute atomic E-state index is 11.6. The number of carbonyl (C=O) groups excluding carboxylic acids is 1. The van der Waals surface area contributed by atoms with E-state index in [9.17, 15) is 4.79 Å². The van der Waals surface area contributed by atoms with Crippen LogP contribution in [0.1, 0.15) is 47.6 Å². The van der Waals surface area contributed by atoms with Crippen molar-refractivity contribution in [1.29, 1.82) is 0 Å².